The van der Waals surface area contributed by atoms with Crippen molar-refractivity contribution in [1.82, 2.24) is 29.5 Å². The number of aryl methyl sites for hydroxylation is 1. The molecule has 4 aromatic rings. The van der Waals surface area contributed by atoms with Crippen LogP contribution in [0.1, 0.15) is 22.8 Å². The van der Waals surface area contributed by atoms with Crippen molar-refractivity contribution >= 4 is 40.7 Å². The molecular formula is C30H31ClFN9O3. The number of benzene rings is 2. The number of carbonyl (C=O) groups excluding carboxylic acids is 2. The van der Waals surface area contributed by atoms with E-state index in [1.165, 1.54) is 6.07 Å². The quantitative estimate of drug-likeness (QED) is 0.268. The van der Waals surface area contributed by atoms with Crippen molar-refractivity contribution in [3.63, 3.8) is 0 Å². The Morgan fingerprint density at radius 3 is 2.64 bits per heavy atom. The molecule has 0 radical (unpaired) electrons. The standard InChI is InChI=1S/C30H31ClFN9O3/c1-18-15-20(3-4-21(18)29(42)39-10-12-40(13-11-39)30(43)37-16-19(2)34)38-27-28-36-17-23(41(28)9-8-35-27)22-5-6-24(44-14-7-33)26(32)25(22)31/h3-6,8-9,15,17,19H,10-14,16,34H2,1-2H3,(H,35,38)(H,37,43). The largest absolute Gasteiger partial charge is 0.476 e. The SMILES string of the molecule is Cc1cc(Nc2nccn3c(-c4ccc(OCC#N)c(F)c4Cl)cnc23)ccc1C(=O)N1CCN(C(=O)NCC(C)N)CC1. The van der Waals surface area contributed by atoms with Gasteiger partial charge >= 0.3 is 6.03 Å². The maximum Gasteiger partial charge on any atom is 0.317 e. The van der Waals surface area contributed by atoms with Gasteiger partial charge in [-0.15, -0.1) is 0 Å². The van der Waals surface area contributed by atoms with Gasteiger partial charge in [-0.2, -0.15) is 5.26 Å². The summed E-state index contributed by atoms with van der Waals surface area (Å²) in [5, 5.41) is 14.6. The predicted molar refractivity (Wildman–Crippen MR) is 163 cm³/mol. The van der Waals surface area contributed by atoms with Crippen molar-refractivity contribution < 1.29 is 18.7 Å². The minimum absolute atomic E-state index is 0.101. The molecule has 1 unspecified atom stereocenters. The second-order valence-electron chi connectivity index (χ2n) is 10.4. The summed E-state index contributed by atoms with van der Waals surface area (Å²) in [4.78, 5) is 38.0. The zero-order valence-electron chi connectivity index (χ0n) is 24.2. The molecule has 1 saturated heterocycles. The van der Waals surface area contributed by atoms with Crippen molar-refractivity contribution in [3.05, 3.63) is 70.9 Å². The summed E-state index contributed by atoms with van der Waals surface area (Å²) in [7, 11) is 0. The fraction of sp³-hybridized carbons (Fsp3) is 0.300. The Morgan fingerprint density at radius 1 is 1.18 bits per heavy atom. The van der Waals surface area contributed by atoms with Crippen LogP contribution in [-0.2, 0) is 0 Å². The summed E-state index contributed by atoms with van der Waals surface area (Å²) in [6, 6.07) is 9.91. The maximum absolute atomic E-state index is 14.8. The first-order valence-electron chi connectivity index (χ1n) is 13.9. The van der Waals surface area contributed by atoms with Gasteiger partial charge in [-0.05, 0) is 49.7 Å². The third-order valence-electron chi connectivity index (χ3n) is 7.19. The number of amides is 3. The van der Waals surface area contributed by atoms with Crippen molar-refractivity contribution in [3.8, 4) is 23.1 Å². The summed E-state index contributed by atoms with van der Waals surface area (Å²) in [6.07, 6.45) is 4.83. The Hall–Kier alpha value is -4.93. The normalized spacial score (nSPS) is 13.8. The van der Waals surface area contributed by atoms with E-state index in [1.807, 2.05) is 19.9 Å². The van der Waals surface area contributed by atoms with Crippen LogP contribution >= 0.6 is 11.6 Å². The highest BCUT2D eigenvalue weighted by Gasteiger charge is 2.26. The van der Waals surface area contributed by atoms with Crippen LogP contribution in [0.15, 0.2) is 48.9 Å². The summed E-state index contributed by atoms with van der Waals surface area (Å²) in [6.45, 7) is 5.52. The number of fused-ring (bicyclic) bond motifs is 1. The zero-order valence-corrected chi connectivity index (χ0v) is 24.9. The monoisotopic (exact) mass is 619 g/mol. The molecule has 4 N–H and O–H groups in total. The summed E-state index contributed by atoms with van der Waals surface area (Å²) < 4.78 is 21.7. The Morgan fingerprint density at radius 2 is 1.93 bits per heavy atom. The minimum Gasteiger partial charge on any atom is -0.476 e. The molecule has 0 aliphatic carbocycles. The number of hydrogen-bond acceptors (Lipinski definition) is 8. The fourth-order valence-corrected chi connectivity index (χ4v) is 5.17. The molecule has 14 heteroatoms. The Kier molecular flexibility index (Phi) is 9.12. The molecule has 3 amide bonds. The van der Waals surface area contributed by atoms with Gasteiger partial charge in [0.05, 0.1) is 16.9 Å². The number of urea groups is 1. The lowest BCUT2D eigenvalue weighted by molar-refractivity contribution is 0.0664. The fourth-order valence-electron chi connectivity index (χ4n) is 4.92. The lowest BCUT2D eigenvalue weighted by Crippen LogP contribution is -2.54. The molecule has 2 aromatic carbocycles. The molecule has 0 bridgehead atoms. The van der Waals surface area contributed by atoms with Gasteiger partial charge in [-0.25, -0.2) is 19.2 Å². The molecule has 5 rings (SSSR count). The zero-order chi connectivity index (χ0) is 31.4. The number of piperazine rings is 1. The number of carbonyl (C=O) groups is 2. The third-order valence-corrected chi connectivity index (χ3v) is 7.56. The van der Waals surface area contributed by atoms with E-state index in [9.17, 15) is 14.0 Å². The van der Waals surface area contributed by atoms with Crippen LogP contribution in [0.2, 0.25) is 5.02 Å². The Bertz CT molecular complexity index is 1750. The van der Waals surface area contributed by atoms with Gasteiger partial charge in [0, 0.05) is 68.0 Å². The van der Waals surface area contributed by atoms with E-state index in [4.69, 9.17) is 27.3 Å². The van der Waals surface area contributed by atoms with Crippen LogP contribution in [0.3, 0.4) is 0 Å². The number of aromatic nitrogens is 3. The molecule has 1 atom stereocenters. The number of hydrogen-bond donors (Lipinski definition) is 3. The molecule has 0 saturated carbocycles. The molecule has 228 valence electrons. The first-order valence-corrected chi connectivity index (χ1v) is 14.3. The average molecular weight is 620 g/mol. The molecule has 12 nitrogen and oxygen atoms in total. The maximum atomic E-state index is 14.8. The van der Waals surface area contributed by atoms with Crippen molar-refractivity contribution in [2.45, 2.75) is 19.9 Å². The van der Waals surface area contributed by atoms with Gasteiger partial charge in [0.1, 0.15) is 6.07 Å². The van der Waals surface area contributed by atoms with Gasteiger partial charge in [0.15, 0.2) is 29.6 Å². The van der Waals surface area contributed by atoms with Gasteiger partial charge in [0.25, 0.3) is 5.91 Å². The number of imidazole rings is 1. The lowest BCUT2D eigenvalue weighted by Gasteiger charge is -2.35. The number of nitrogens with two attached hydrogens (primary N) is 1. The van der Waals surface area contributed by atoms with E-state index in [-0.39, 0.29) is 35.4 Å². The molecule has 44 heavy (non-hydrogen) atoms. The van der Waals surface area contributed by atoms with Crippen molar-refractivity contribution in [1.29, 1.82) is 5.26 Å². The topological polar surface area (TPSA) is 154 Å². The second-order valence-corrected chi connectivity index (χ2v) is 10.8. The van der Waals surface area contributed by atoms with E-state index in [0.29, 0.717) is 66.7 Å². The second kappa shape index (κ2) is 13.2. The Labute approximate surface area is 258 Å². The van der Waals surface area contributed by atoms with Gasteiger partial charge in [-0.3, -0.25) is 9.20 Å². The predicted octanol–water partition coefficient (Wildman–Crippen LogP) is 3.96. The average Bonchev–Trinajstić information content (AvgIpc) is 3.45. The van der Waals surface area contributed by atoms with Crippen LogP contribution in [0.5, 0.6) is 5.75 Å². The first kappa shape index (κ1) is 30.5. The molecule has 1 aliphatic rings. The van der Waals surface area contributed by atoms with Crippen LogP contribution in [0.25, 0.3) is 16.9 Å². The van der Waals surface area contributed by atoms with Crippen LogP contribution in [0.4, 0.5) is 20.7 Å². The van der Waals surface area contributed by atoms with E-state index in [1.54, 1.807) is 57.1 Å². The minimum atomic E-state index is -0.767. The van der Waals surface area contributed by atoms with E-state index in [0.717, 1.165) is 5.56 Å². The van der Waals surface area contributed by atoms with Gasteiger partial charge in [0.2, 0.25) is 0 Å². The number of nitriles is 1. The number of rotatable bonds is 8. The number of ether oxygens (including phenoxy) is 1. The number of nitrogens with one attached hydrogen (secondary N) is 2. The van der Waals surface area contributed by atoms with Gasteiger partial charge < -0.3 is 30.9 Å². The van der Waals surface area contributed by atoms with Crippen LogP contribution in [-0.4, -0.2) is 81.5 Å². The molecule has 1 fully saturated rings. The van der Waals surface area contributed by atoms with Crippen LogP contribution in [0, 0.1) is 24.1 Å². The number of halogens is 2. The van der Waals surface area contributed by atoms with Crippen molar-refractivity contribution in [2.24, 2.45) is 5.73 Å². The highest BCUT2D eigenvalue weighted by atomic mass is 35.5. The smallest absolute Gasteiger partial charge is 0.317 e. The highest BCUT2D eigenvalue weighted by molar-refractivity contribution is 6.33. The molecule has 2 aromatic heterocycles. The number of nitrogens with zero attached hydrogens (tertiary/aromatic N) is 6. The molecule has 1 aliphatic heterocycles. The lowest BCUT2D eigenvalue weighted by atomic mass is 10.1. The number of anilines is 2. The summed E-state index contributed by atoms with van der Waals surface area (Å²) in [5.74, 6) is -0.535. The molecular weight excluding hydrogens is 589 g/mol. The van der Waals surface area contributed by atoms with Crippen molar-refractivity contribution in [2.75, 3.05) is 44.6 Å². The molecule has 0 spiro atoms. The highest BCUT2D eigenvalue weighted by Crippen LogP contribution is 2.36. The van der Waals surface area contributed by atoms with E-state index < -0.39 is 5.82 Å². The van der Waals surface area contributed by atoms with E-state index >= 15 is 0 Å². The summed E-state index contributed by atoms with van der Waals surface area (Å²) in [5.41, 5.74) is 9.15. The molecule has 3 heterocycles. The van der Waals surface area contributed by atoms with Crippen LogP contribution < -0.4 is 21.1 Å². The van der Waals surface area contributed by atoms with Gasteiger partial charge in [-0.1, -0.05) is 11.6 Å². The summed E-state index contributed by atoms with van der Waals surface area (Å²) >= 11 is 6.33. The first-order chi connectivity index (χ1) is 21.2. The Balaban J connectivity index is 1.29. The van der Waals surface area contributed by atoms with E-state index in [2.05, 4.69) is 20.6 Å². The third kappa shape index (κ3) is 6.36.